The lowest BCUT2D eigenvalue weighted by molar-refractivity contribution is 0.314. The molecule has 0 radical (unpaired) electrons. The van der Waals surface area contributed by atoms with Crippen LogP contribution >= 0.6 is 15.9 Å². The molecule has 0 spiro atoms. The van der Waals surface area contributed by atoms with E-state index >= 15 is 0 Å². The van der Waals surface area contributed by atoms with Crippen molar-refractivity contribution in [2.75, 3.05) is 18.9 Å². The lowest BCUT2D eigenvalue weighted by Gasteiger charge is -2.30. The zero-order valence-corrected chi connectivity index (χ0v) is 13.3. The van der Waals surface area contributed by atoms with Gasteiger partial charge in [0.15, 0.2) is 0 Å². The fraction of sp³-hybridized carbons (Fsp3) is 1.00. The van der Waals surface area contributed by atoms with E-state index in [2.05, 4.69) is 15.9 Å². The lowest BCUT2D eigenvalue weighted by Crippen LogP contribution is -2.46. The van der Waals surface area contributed by atoms with Gasteiger partial charge >= 0.3 is 0 Å². The number of nitrogens with zero attached hydrogens (tertiary/aromatic N) is 2. The van der Waals surface area contributed by atoms with Crippen molar-refractivity contribution in [1.29, 1.82) is 0 Å². The molecule has 102 valence electrons. The van der Waals surface area contributed by atoms with E-state index in [9.17, 15) is 8.42 Å². The van der Waals surface area contributed by atoms with Crippen LogP contribution in [0, 0.1) is 0 Å². The fourth-order valence-electron chi connectivity index (χ4n) is 2.15. The van der Waals surface area contributed by atoms with Crippen molar-refractivity contribution in [3.05, 3.63) is 0 Å². The van der Waals surface area contributed by atoms with Crippen LogP contribution in [0.3, 0.4) is 0 Å². The lowest BCUT2D eigenvalue weighted by atomic mass is 10.1. The smallest absolute Gasteiger partial charge is 0.195 e. The van der Waals surface area contributed by atoms with E-state index in [1.54, 1.807) is 11.4 Å². The number of alkyl halides is 1. The minimum absolute atomic E-state index is 0.0115. The molecule has 17 heavy (non-hydrogen) atoms. The topological polar surface area (TPSA) is 40.6 Å². The molecule has 6 heteroatoms. The molecule has 0 saturated carbocycles. The second kappa shape index (κ2) is 6.50. The van der Waals surface area contributed by atoms with Crippen LogP contribution in [0.2, 0.25) is 0 Å². The van der Waals surface area contributed by atoms with Gasteiger partial charge in [0, 0.05) is 31.0 Å². The number of hydrogen-bond acceptors (Lipinski definition) is 2. The molecule has 1 fully saturated rings. The molecule has 1 rings (SSSR count). The Kier molecular flexibility index (Phi) is 5.89. The van der Waals surface area contributed by atoms with Crippen LogP contribution in [-0.2, 0) is 10.2 Å². The van der Waals surface area contributed by atoms with Crippen LogP contribution in [-0.4, -0.2) is 48.0 Å². The zero-order chi connectivity index (χ0) is 13.1. The Labute approximate surface area is 114 Å². The van der Waals surface area contributed by atoms with E-state index in [1.165, 1.54) is 4.31 Å². The van der Waals surface area contributed by atoms with Gasteiger partial charge in [-0.1, -0.05) is 15.9 Å². The summed E-state index contributed by atoms with van der Waals surface area (Å²) in [5, 5.41) is 0.942. The molecule has 0 aromatic heterocycles. The number of halogens is 1. The van der Waals surface area contributed by atoms with Gasteiger partial charge in [0.05, 0.1) is 0 Å². The predicted octanol–water partition coefficient (Wildman–Crippen LogP) is 2.21. The van der Waals surface area contributed by atoms with Crippen LogP contribution in [0.15, 0.2) is 0 Å². The molecular weight excluding hydrogens is 304 g/mol. The highest BCUT2D eigenvalue weighted by atomic mass is 79.9. The summed E-state index contributed by atoms with van der Waals surface area (Å²) < 4.78 is 27.9. The third-order valence-electron chi connectivity index (χ3n) is 3.38. The SMILES string of the molecule is CC(C)N(C)S(=O)(=O)N1CCCC1CCCBr. The van der Waals surface area contributed by atoms with Gasteiger partial charge in [0.2, 0.25) is 0 Å². The van der Waals surface area contributed by atoms with Gasteiger partial charge in [0.25, 0.3) is 10.2 Å². The van der Waals surface area contributed by atoms with Crippen LogP contribution in [0.1, 0.15) is 39.5 Å². The van der Waals surface area contributed by atoms with E-state index in [0.29, 0.717) is 6.54 Å². The van der Waals surface area contributed by atoms with Crippen molar-refractivity contribution >= 4 is 26.1 Å². The average molecular weight is 327 g/mol. The summed E-state index contributed by atoms with van der Waals surface area (Å²) in [4.78, 5) is 0. The second-order valence-corrected chi connectivity index (χ2v) is 7.59. The van der Waals surface area contributed by atoms with Crippen LogP contribution in [0.4, 0.5) is 0 Å². The van der Waals surface area contributed by atoms with Crippen molar-refractivity contribution in [2.45, 2.75) is 51.6 Å². The Morgan fingerprint density at radius 1 is 1.47 bits per heavy atom. The Morgan fingerprint density at radius 2 is 2.12 bits per heavy atom. The second-order valence-electron chi connectivity index (χ2n) is 4.86. The van der Waals surface area contributed by atoms with Gasteiger partial charge in [-0.15, -0.1) is 0 Å². The Balaban J connectivity index is 2.76. The summed E-state index contributed by atoms with van der Waals surface area (Å²) in [6.45, 7) is 4.48. The average Bonchev–Trinajstić information content (AvgIpc) is 2.73. The third kappa shape index (κ3) is 3.66. The van der Waals surface area contributed by atoms with Gasteiger partial charge in [-0.3, -0.25) is 0 Å². The van der Waals surface area contributed by atoms with Gasteiger partial charge in [-0.05, 0) is 39.5 Å². The number of rotatable bonds is 6. The molecule has 4 nitrogen and oxygen atoms in total. The molecule has 0 N–H and O–H groups in total. The maximum atomic E-state index is 12.4. The van der Waals surface area contributed by atoms with Crippen LogP contribution in [0.5, 0.6) is 0 Å². The monoisotopic (exact) mass is 326 g/mol. The molecule has 0 aromatic carbocycles. The van der Waals surface area contributed by atoms with Crippen LogP contribution < -0.4 is 0 Å². The number of hydrogen-bond donors (Lipinski definition) is 0. The van der Waals surface area contributed by atoms with Gasteiger partial charge in [-0.2, -0.15) is 17.0 Å². The van der Waals surface area contributed by atoms with Gasteiger partial charge < -0.3 is 0 Å². The minimum atomic E-state index is -3.27. The highest BCUT2D eigenvalue weighted by molar-refractivity contribution is 9.09. The first kappa shape index (κ1) is 15.4. The molecule has 1 aliphatic rings. The summed E-state index contributed by atoms with van der Waals surface area (Å²) >= 11 is 3.40. The molecule has 0 aromatic rings. The quantitative estimate of drug-likeness (QED) is 0.702. The van der Waals surface area contributed by atoms with E-state index in [4.69, 9.17) is 0 Å². The Hall–Kier alpha value is 0.350. The molecule has 0 amide bonds. The van der Waals surface area contributed by atoms with Crippen molar-refractivity contribution in [2.24, 2.45) is 0 Å². The van der Waals surface area contributed by atoms with Crippen molar-refractivity contribution in [3.8, 4) is 0 Å². The summed E-state index contributed by atoms with van der Waals surface area (Å²) in [6, 6.07) is 0.205. The maximum Gasteiger partial charge on any atom is 0.282 e. The fourth-order valence-corrected chi connectivity index (χ4v) is 4.28. The van der Waals surface area contributed by atoms with Crippen LogP contribution in [0.25, 0.3) is 0 Å². The molecule has 1 unspecified atom stereocenters. The predicted molar refractivity (Wildman–Crippen MR) is 74.6 cm³/mol. The van der Waals surface area contributed by atoms with Crippen molar-refractivity contribution < 1.29 is 8.42 Å². The van der Waals surface area contributed by atoms with E-state index in [1.807, 2.05) is 13.8 Å². The highest BCUT2D eigenvalue weighted by Crippen LogP contribution is 2.26. The first-order valence-electron chi connectivity index (χ1n) is 6.22. The molecule has 0 bridgehead atoms. The first-order chi connectivity index (χ1) is 7.91. The molecule has 1 saturated heterocycles. The summed E-state index contributed by atoms with van der Waals surface area (Å²) in [6.07, 6.45) is 3.97. The standard InChI is InChI=1S/C11H23BrN2O2S/c1-10(2)13(3)17(15,16)14-9-5-7-11(14)6-4-8-12/h10-11H,4-9H2,1-3H3. The van der Waals surface area contributed by atoms with E-state index in [0.717, 1.165) is 31.0 Å². The third-order valence-corrected chi connectivity index (χ3v) is 6.17. The normalized spacial score (nSPS) is 22.8. The van der Waals surface area contributed by atoms with Gasteiger partial charge in [-0.25, -0.2) is 0 Å². The summed E-state index contributed by atoms with van der Waals surface area (Å²) in [5.74, 6) is 0. The largest absolute Gasteiger partial charge is 0.282 e. The minimum Gasteiger partial charge on any atom is -0.195 e. The highest BCUT2D eigenvalue weighted by Gasteiger charge is 2.36. The van der Waals surface area contributed by atoms with Gasteiger partial charge in [0.1, 0.15) is 0 Å². The van der Waals surface area contributed by atoms with Crippen molar-refractivity contribution in [3.63, 3.8) is 0 Å². The maximum absolute atomic E-state index is 12.4. The van der Waals surface area contributed by atoms with E-state index in [-0.39, 0.29) is 12.1 Å². The molecule has 1 aliphatic heterocycles. The summed E-state index contributed by atoms with van der Waals surface area (Å²) in [5.41, 5.74) is 0. The molecule has 1 heterocycles. The zero-order valence-electron chi connectivity index (χ0n) is 10.9. The molecule has 1 atom stereocenters. The Morgan fingerprint density at radius 3 is 2.65 bits per heavy atom. The molecular formula is C11H23BrN2O2S. The van der Waals surface area contributed by atoms with Crippen molar-refractivity contribution in [1.82, 2.24) is 8.61 Å². The van der Waals surface area contributed by atoms with E-state index < -0.39 is 10.2 Å². The first-order valence-corrected chi connectivity index (χ1v) is 8.74. The Bertz CT molecular complexity index is 332. The molecule has 0 aliphatic carbocycles. The summed E-state index contributed by atoms with van der Waals surface area (Å²) in [7, 11) is -1.60.